The maximum Gasteiger partial charge on any atom is 0.214 e. The summed E-state index contributed by atoms with van der Waals surface area (Å²) in [5.41, 5.74) is 1.33. The van der Waals surface area contributed by atoms with Crippen LogP contribution in [0.3, 0.4) is 0 Å². The Morgan fingerprint density at radius 2 is 1.44 bits per heavy atom. The predicted octanol–water partition coefficient (Wildman–Crippen LogP) is 5.23. The molecule has 2 fully saturated rings. The van der Waals surface area contributed by atoms with Gasteiger partial charge in [0.2, 0.25) is 10.0 Å². The third-order valence-corrected chi connectivity index (χ3v) is 11.0. The van der Waals surface area contributed by atoms with Crippen LogP contribution in [0.2, 0.25) is 0 Å². The van der Waals surface area contributed by atoms with Gasteiger partial charge in [0.15, 0.2) is 9.84 Å². The Balaban J connectivity index is 0.00000420. The maximum atomic E-state index is 14.1. The van der Waals surface area contributed by atoms with Gasteiger partial charge in [0.05, 0.1) is 10.6 Å². The standard InChI is InChI=1S/C28H38F2N2O4S2.ClH/c1-37(33,34)27-7-5-23(6-8-27)28(24-19-25(29)21-26(30)20-24)11-17-31-15-9-22(10-16-31)12-18-38(35,36)32-13-3-2-4-14-32;/h5-8,19-22,28H,2-4,9-18H2,1H3;1H/t28-;/m1./s1. The lowest BCUT2D eigenvalue weighted by Gasteiger charge is -2.33. The monoisotopic (exact) mass is 604 g/mol. The molecule has 2 aliphatic heterocycles. The van der Waals surface area contributed by atoms with Crippen LogP contribution in [0.4, 0.5) is 8.78 Å². The second kappa shape index (κ2) is 13.9. The van der Waals surface area contributed by atoms with Crippen molar-refractivity contribution in [2.24, 2.45) is 5.92 Å². The molecule has 0 spiro atoms. The van der Waals surface area contributed by atoms with E-state index in [0.717, 1.165) is 69.6 Å². The SMILES string of the molecule is CS(=O)(=O)c1ccc([C@@H](CCN2CCC(CCS(=O)(=O)N3CCCCC3)CC2)c2cc(F)cc(F)c2)cc1.Cl. The molecule has 0 amide bonds. The first-order valence-corrected chi connectivity index (χ1v) is 17.0. The second-order valence-corrected chi connectivity index (χ2v) is 14.8. The molecule has 2 aromatic carbocycles. The van der Waals surface area contributed by atoms with E-state index in [-0.39, 0.29) is 29.0 Å². The maximum absolute atomic E-state index is 14.1. The van der Waals surface area contributed by atoms with E-state index in [0.29, 0.717) is 37.4 Å². The summed E-state index contributed by atoms with van der Waals surface area (Å²) in [4.78, 5) is 2.53. The minimum atomic E-state index is -3.35. The lowest BCUT2D eigenvalue weighted by atomic mass is 9.87. The summed E-state index contributed by atoms with van der Waals surface area (Å²) < 4.78 is 78.9. The highest BCUT2D eigenvalue weighted by atomic mass is 35.5. The molecule has 0 bridgehead atoms. The third-order valence-electron chi connectivity index (χ3n) is 7.93. The number of benzene rings is 2. The van der Waals surface area contributed by atoms with Gasteiger partial charge >= 0.3 is 0 Å². The highest BCUT2D eigenvalue weighted by Gasteiger charge is 2.27. The lowest BCUT2D eigenvalue weighted by Crippen LogP contribution is -2.39. The van der Waals surface area contributed by atoms with Crippen LogP contribution in [0.5, 0.6) is 0 Å². The summed E-state index contributed by atoms with van der Waals surface area (Å²) in [6, 6.07) is 10.1. The van der Waals surface area contributed by atoms with Crippen molar-refractivity contribution in [2.45, 2.75) is 55.8 Å². The van der Waals surface area contributed by atoms with Gasteiger partial charge in [-0.1, -0.05) is 18.6 Å². The Morgan fingerprint density at radius 1 is 0.846 bits per heavy atom. The molecule has 2 heterocycles. The quantitative estimate of drug-likeness (QED) is 0.371. The molecule has 4 rings (SSSR count). The number of nitrogens with zero attached hydrogens (tertiary/aromatic N) is 2. The van der Waals surface area contributed by atoms with E-state index in [2.05, 4.69) is 4.90 Å². The first-order valence-electron chi connectivity index (χ1n) is 13.5. The number of hydrogen-bond donors (Lipinski definition) is 0. The van der Waals surface area contributed by atoms with Crippen LogP contribution in [-0.4, -0.2) is 70.8 Å². The predicted molar refractivity (Wildman–Crippen MR) is 153 cm³/mol. The van der Waals surface area contributed by atoms with E-state index in [1.165, 1.54) is 24.3 Å². The molecule has 2 aromatic rings. The average molecular weight is 605 g/mol. The summed E-state index contributed by atoms with van der Waals surface area (Å²) >= 11 is 0. The van der Waals surface area contributed by atoms with Gasteiger partial charge in [-0.15, -0.1) is 12.4 Å². The van der Waals surface area contributed by atoms with Crippen LogP contribution >= 0.6 is 12.4 Å². The number of halogens is 3. The summed E-state index contributed by atoms with van der Waals surface area (Å²) in [6.45, 7) is 3.72. The first kappa shape index (κ1) is 31.9. The minimum Gasteiger partial charge on any atom is -0.303 e. The molecule has 1 atom stereocenters. The molecule has 11 heteroatoms. The van der Waals surface area contributed by atoms with Crippen molar-refractivity contribution in [1.82, 2.24) is 9.21 Å². The smallest absolute Gasteiger partial charge is 0.214 e. The molecule has 0 aliphatic carbocycles. The van der Waals surface area contributed by atoms with Crippen LogP contribution in [0, 0.1) is 17.6 Å². The van der Waals surface area contributed by atoms with E-state index >= 15 is 0 Å². The van der Waals surface area contributed by atoms with Gasteiger partial charge in [0.25, 0.3) is 0 Å². The van der Waals surface area contributed by atoms with Crippen molar-refractivity contribution in [3.05, 3.63) is 65.2 Å². The van der Waals surface area contributed by atoms with E-state index < -0.39 is 31.5 Å². The van der Waals surface area contributed by atoms with Crippen LogP contribution in [0.1, 0.15) is 62.0 Å². The summed E-state index contributed by atoms with van der Waals surface area (Å²) in [6.07, 6.45) is 7.31. The fourth-order valence-electron chi connectivity index (χ4n) is 5.65. The molecule has 6 nitrogen and oxygen atoms in total. The Labute approximate surface area is 238 Å². The molecular weight excluding hydrogens is 566 g/mol. The van der Waals surface area contributed by atoms with Gasteiger partial charge in [-0.05, 0) is 99.5 Å². The number of hydrogen-bond acceptors (Lipinski definition) is 5. The number of rotatable bonds is 10. The molecular formula is C28H39ClF2N2O4S2. The van der Waals surface area contributed by atoms with Gasteiger partial charge in [-0.3, -0.25) is 0 Å². The fourth-order valence-corrected chi connectivity index (χ4v) is 7.98. The lowest BCUT2D eigenvalue weighted by molar-refractivity contribution is 0.178. The molecule has 218 valence electrons. The minimum absolute atomic E-state index is 0. The van der Waals surface area contributed by atoms with Gasteiger partial charge in [-0.25, -0.2) is 29.9 Å². The molecule has 2 saturated heterocycles. The second-order valence-electron chi connectivity index (χ2n) is 10.7. The van der Waals surface area contributed by atoms with E-state index in [4.69, 9.17) is 0 Å². The van der Waals surface area contributed by atoms with Crippen molar-refractivity contribution in [1.29, 1.82) is 0 Å². The Kier molecular flexibility index (Phi) is 11.3. The third kappa shape index (κ3) is 8.95. The van der Waals surface area contributed by atoms with Crippen molar-refractivity contribution < 1.29 is 25.6 Å². The first-order chi connectivity index (χ1) is 18.0. The van der Waals surface area contributed by atoms with Crippen molar-refractivity contribution >= 4 is 32.3 Å². The van der Waals surface area contributed by atoms with E-state index in [1.807, 2.05) is 0 Å². The Morgan fingerprint density at radius 3 is 2.00 bits per heavy atom. The number of sulfone groups is 1. The molecule has 0 unspecified atom stereocenters. The zero-order valence-electron chi connectivity index (χ0n) is 22.4. The highest BCUT2D eigenvalue weighted by Crippen LogP contribution is 2.31. The van der Waals surface area contributed by atoms with Gasteiger partial charge in [0, 0.05) is 31.3 Å². The largest absolute Gasteiger partial charge is 0.303 e. The van der Waals surface area contributed by atoms with Crippen LogP contribution in [0.25, 0.3) is 0 Å². The number of sulfonamides is 1. The molecule has 0 radical (unpaired) electrons. The zero-order chi connectivity index (χ0) is 27.3. The van der Waals surface area contributed by atoms with Crippen LogP contribution in [0.15, 0.2) is 47.4 Å². The van der Waals surface area contributed by atoms with Crippen LogP contribution < -0.4 is 0 Å². The fraction of sp³-hybridized carbons (Fsp3) is 0.571. The normalized spacial score (nSPS) is 18.9. The van der Waals surface area contributed by atoms with Crippen molar-refractivity contribution in [3.8, 4) is 0 Å². The topological polar surface area (TPSA) is 74.8 Å². The number of likely N-dealkylation sites (tertiary alicyclic amines) is 1. The Bertz CT molecular complexity index is 1270. The summed E-state index contributed by atoms with van der Waals surface area (Å²) in [5, 5.41) is 0. The molecule has 39 heavy (non-hydrogen) atoms. The Hall–Kier alpha value is -1.59. The average Bonchev–Trinajstić information content (AvgIpc) is 2.88. The van der Waals surface area contributed by atoms with E-state index in [1.54, 1.807) is 16.4 Å². The van der Waals surface area contributed by atoms with Gasteiger partial charge in [0.1, 0.15) is 11.6 Å². The van der Waals surface area contributed by atoms with Gasteiger partial charge in [-0.2, -0.15) is 0 Å². The summed E-state index contributed by atoms with van der Waals surface area (Å²) in [5.74, 6) is -0.978. The molecule has 0 saturated carbocycles. The summed E-state index contributed by atoms with van der Waals surface area (Å²) in [7, 11) is -6.52. The highest BCUT2D eigenvalue weighted by molar-refractivity contribution is 7.90. The molecule has 0 N–H and O–H groups in total. The van der Waals surface area contributed by atoms with Crippen LogP contribution in [-0.2, 0) is 19.9 Å². The molecule has 2 aliphatic rings. The molecule has 0 aromatic heterocycles. The number of piperidine rings is 2. The van der Waals surface area contributed by atoms with E-state index in [9.17, 15) is 25.6 Å². The zero-order valence-corrected chi connectivity index (χ0v) is 24.8. The van der Waals surface area contributed by atoms with Crippen molar-refractivity contribution in [3.63, 3.8) is 0 Å². The van der Waals surface area contributed by atoms with Crippen molar-refractivity contribution in [2.75, 3.05) is 44.7 Å². The van der Waals surface area contributed by atoms with Gasteiger partial charge < -0.3 is 4.90 Å².